The molecular formula is C20H18BrN3O. The third-order valence-electron chi connectivity index (χ3n) is 3.59. The van der Waals surface area contributed by atoms with Gasteiger partial charge in [-0.2, -0.15) is 0 Å². The fourth-order valence-electron chi connectivity index (χ4n) is 2.62. The maximum absolute atomic E-state index is 12.5. The highest BCUT2D eigenvalue weighted by Crippen LogP contribution is 2.21. The highest BCUT2D eigenvalue weighted by Gasteiger charge is 2.08. The number of nitrogens with one attached hydrogen (secondary N) is 2. The van der Waals surface area contributed by atoms with E-state index in [4.69, 9.17) is 0 Å². The first-order valence-corrected chi connectivity index (χ1v) is 8.66. The van der Waals surface area contributed by atoms with Crippen LogP contribution >= 0.6 is 15.9 Å². The molecule has 0 bridgehead atoms. The Bertz CT molecular complexity index is 904. The summed E-state index contributed by atoms with van der Waals surface area (Å²) < 4.78 is 0.981. The van der Waals surface area contributed by atoms with Crippen LogP contribution < -0.4 is 10.6 Å². The lowest BCUT2D eigenvalue weighted by atomic mass is 10.1. The molecule has 0 fully saturated rings. The molecule has 0 saturated carbocycles. The van der Waals surface area contributed by atoms with Crippen LogP contribution in [-0.2, 0) is 0 Å². The van der Waals surface area contributed by atoms with E-state index in [0.29, 0.717) is 5.56 Å². The number of carbonyl (C=O) groups excluding carboxylic acids is 1. The average Bonchev–Trinajstić information content (AvgIpc) is 2.54. The number of halogens is 1. The van der Waals surface area contributed by atoms with Crippen molar-refractivity contribution in [2.24, 2.45) is 0 Å². The zero-order valence-electron chi connectivity index (χ0n) is 14.0. The van der Waals surface area contributed by atoms with Crippen molar-refractivity contribution in [3.8, 4) is 0 Å². The Labute approximate surface area is 155 Å². The maximum Gasteiger partial charge on any atom is 0.257 e. The van der Waals surface area contributed by atoms with Gasteiger partial charge in [-0.25, -0.2) is 0 Å². The SMILES string of the molecule is Cc1cc(C)cc(NC(=O)c2cncc(Nc3cccc(Br)c3)c2)c1. The van der Waals surface area contributed by atoms with E-state index in [1.165, 1.54) is 0 Å². The van der Waals surface area contributed by atoms with E-state index in [2.05, 4.69) is 37.6 Å². The van der Waals surface area contributed by atoms with Gasteiger partial charge in [-0.05, 0) is 61.4 Å². The summed E-state index contributed by atoms with van der Waals surface area (Å²) in [6, 6.07) is 15.6. The number of anilines is 3. The van der Waals surface area contributed by atoms with E-state index in [0.717, 1.165) is 32.7 Å². The third-order valence-corrected chi connectivity index (χ3v) is 4.09. The number of pyridine rings is 1. The summed E-state index contributed by atoms with van der Waals surface area (Å²) >= 11 is 3.44. The molecule has 1 aromatic heterocycles. The first-order valence-electron chi connectivity index (χ1n) is 7.87. The molecule has 126 valence electrons. The fraction of sp³-hybridized carbons (Fsp3) is 0.100. The second-order valence-electron chi connectivity index (χ2n) is 5.93. The van der Waals surface area contributed by atoms with Gasteiger partial charge in [0.05, 0.1) is 17.4 Å². The van der Waals surface area contributed by atoms with E-state index < -0.39 is 0 Å². The zero-order valence-corrected chi connectivity index (χ0v) is 15.6. The molecule has 0 spiro atoms. The average molecular weight is 396 g/mol. The van der Waals surface area contributed by atoms with Gasteiger partial charge in [0.15, 0.2) is 0 Å². The van der Waals surface area contributed by atoms with Gasteiger partial charge in [0, 0.05) is 22.0 Å². The molecule has 1 amide bonds. The van der Waals surface area contributed by atoms with Crippen LogP contribution in [-0.4, -0.2) is 10.9 Å². The van der Waals surface area contributed by atoms with Crippen LogP contribution in [0.1, 0.15) is 21.5 Å². The fourth-order valence-corrected chi connectivity index (χ4v) is 3.01. The van der Waals surface area contributed by atoms with Crippen molar-refractivity contribution in [1.29, 1.82) is 0 Å². The molecule has 2 aromatic carbocycles. The molecule has 0 radical (unpaired) electrons. The van der Waals surface area contributed by atoms with Crippen molar-refractivity contribution < 1.29 is 4.79 Å². The number of amides is 1. The summed E-state index contributed by atoms with van der Waals surface area (Å²) in [4.78, 5) is 16.7. The Morgan fingerprint density at radius 1 is 0.920 bits per heavy atom. The first-order chi connectivity index (χ1) is 12.0. The van der Waals surface area contributed by atoms with Gasteiger partial charge in [0.25, 0.3) is 5.91 Å². The summed E-state index contributed by atoms with van der Waals surface area (Å²) in [6.07, 6.45) is 3.25. The largest absolute Gasteiger partial charge is 0.354 e. The van der Waals surface area contributed by atoms with Crippen LogP contribution in [0.5, 0.6) is 0 Å². The van der Waals surface area contributed by atoms with Gasteiger partial charge in [-0.3, -0.25) is 9.78 Å². The molecule has 0 unspecified atom stereocenters. The minimum Gasteiger partial charge on any atom is -0.354 e. The predicted octanol–water partition coefficient (Wildman–Crippen LogP) is 5.46. The Morgan fingerprint density at radius 3 is 2.40 bits per heavy atom. The number of aryl methyl sites for hydroxylation is 2. The van der Waals surface area contributed by atoms with Crippen LogP contribution in [0.4, 0.5) is 17.1 Å². The molecule has 5 heteroatoms. The highest BCUT2D eigenvalue weighted by atomic mass is 79.9. The lowest BCUT2D eigenvalue weighted by molar-refractivity contribution is 0.102. The summed E-state index contributed by atoms with van der Waals surface area (Å²) in [5, 5.41) is 6.18. The standard InChI is InChI=1S/C20H18BrN3O/c1-13-6-14(2)8-18(7-13)24-20(25)15-9-19(12-22-11-15)23-17-5-3-4-16(21)10-17/h3-12,23H,1-2H3,(H,24,25). The molecule has 3 aromatic rings. The Kier molecular flexibility index (Phi) is 5.14. The van der Waals surface area contributed by atoms with Gasteiger partial charge >= 0.3 is 0 Å². The van der Waals surface area contributed by atoms with Crippen LogP contribution in [0.3, 0.4) is 0 Å². The van der Waals surface area contributed by atoms with E-state index in [1.807, 2.05) is 50.2 Å². The monoisotopic (exact) mass is 395 g/mol. The van der Waals surface area contributed by atoms with Crippen molar-refractivity contribution in [1.82, 2.24) is 4.98 Å². The summed E-state index contributed by atoms with van der Waals surface area (Å²) in [5.41, 5.74) is 5.18. The second-order valence-corrected chi connectivity index (χ2v) is 6.84. The van der Waals surface area contributed by atoms with Crippen molar-refractivity contribution >= 4 is 38.9 Å². The van der Waals surface area contributed by atoms with Gasteiger partial charge in [0.2, 0.25) is 0 Å². The van der Waals surface area contributed by atoms with E-state index >= 15 is 0 Å². The van der Waals surface area contributed by atoms with Gasteiger partial charge < -0.3 is 10.6 Å². The molecule has 0 aliphatic heterocycles. The van der Waals surface area contributed by atoms with E-state index in [9.17, 15) is 4.79 Å². The molecular weight excluding hydrogens is 378 g/mol. The topological polar surface area (TPSA) is 54.0 Å². The third kappa shape index (κ3) is 4.67. The maximum atomic E-state index is 12.5. The molecule has 4 nitrogen and oxygen atoms in total. The summed E-state index contributed by atoms with van der Waals surface area (Å²) in [5.74, 6) is -0.185. The number of aromatic nitrogens is 1. The number of hydrogen-bond donors (Lipinski definition) is 2. The van der Waals surface area contributed by atoms with Crippen LogP contribution in [0.25, 0.3) is 0 Å². The van der Waals surface area contributed by atoms with E-state index in [1.54, 1.807) is 18.5 Å². The van der Waals surface area contributed by atoms with Crippen LogP contribution in [0.2, 0.25) is 0 Å². The van der Waals surface area contributed by atoms with E-state index in [-0.39, 0.29) is 5.91 Å². The quantitative estimate of drug-likeness (QED) is 0.616. The smallest absolute Gasteiger partial charge is 0.257 e. The van der Waals surface area contributed by atoms with Crippen molar-refractivity contribution in [2.45, 2.75) is 13.8 Å². The Hall–Kier alpha value is -2.66. The molecule has 2 N–H and O–H groups in total. The van der Waals surface area contributed by atoms with Crippen LogP contribution in [0.15, 0.2) is 65.4 Å². The number of carbonyl (C=O) groups is 1. The number of benzene rings is 2. The number of nitrogens with zero attached hydrogens (tertiary/aromatic N) is 1. The molecule has 0 aliphatic carbocycles. The normalized spacial score (nSPS) is 10.4. The minimum atomic E-state index is -0.185. The summed E-state index contributed by atoms with van der Waals surface area (Å²) in [7, 11) is 0. The lowest BCUT2D eigenvalue weighted by Crippen LogP contribution is -2.12. The number of rotatable bonds is 4. The molecule has 3 rings (SSSR count). The molecule has 0 aliphatic rings. The number of hydrogen-bond acceptors (Lipinski definition) is 3. The molecule has 1 heterocycles. The summed E-state index contributed by atoms with van der Waals surface area (Å²) in [6.45, 7) is 4.01. The van der Waals surface area contributed by atoms with Gasteiger partial charge in [-0.1, -0.05) is 28.1 Å². The predicted molar refractivity (Wildman–Crippen MR) is 106 cm³/mol. The first kappa shape index (κ1) is 17.2. The minimum absolute atomic E-state index is 0.185. The van der Waals surface area contributed by atoms with Crippen LogP contribution in [0, 0.1) is 13.8 Å². The van der Waals surface area contributed by atoms with Crippen molar-refractivity contribution in [3.05, 3.63) is 82.1 Å². The lowest BCUT2D eigenvalue weighted by Gasteiger charge is -2.10. The van der Waals surface area contributed by atoms with Gasteiger partial charge in [0.1, 0.15) is 0 Å². The molecule has 0 atom stereocenters. The highest BCUT2D eigenvalue weighted by molar-refractivity contribution is 9.10. The van der Waals surface area contributed by atoms with Gasteiger partial charge in [-0.15, -0.1) is 0 Å². The molecule has 25 heavy (non-hydrogen) atoms. The van der Waals surface area contributed by atoms with Crippen molar-refractivity contribution in [3.63, 3.8) is 0 Å². The Morgan fingerprint density at radius 2 is 1.68 bits per heavy atom. The molecule has 0 saturated heterocycles. The second kappa shape index (κ2) is 7.49. The zero-order chi connectivity index (χ0) is 17.8. The Balaban J connectivity index is 1.77. The van der Waals surface area contributed by atoms with Crippen molar-refractivity contribution in [2.75, 3.05) is 10.6 Å².